The molecule has 0 amide bonds. The largest absolute Gasteiger partial charge is 0.368 e. The van der Waals surface area contributed by atoms with Gasteiger partial charge in [0.25, 0.3) is 0 Å². The van der Waals surface area contributed by atoms with E-state index in [4.69, 9.17) is 0 Å². The van der Waals surface area contributed by atoms with Crippen LogP contribution in [-0.4, -0.2) is 42.4 Å². The minimum atomic E-state index is -0.276. The maximum absolute atomic E-state index is 14.1. The Morgan fingerprint density at radius 2 is 2.15 bits per heavy atom. The van der Waals surface area contributed by atoms with E-state index in [0.29, 0.717) is 12.2 Å². The molecule has 7 nitrogen and oxygen atoms in total. The van der Waals surface area contributed by atoms with Crippen molar-refractivity contribution in [1.29, 1.82) is 0 Å². The molecular formula is C18H22FN7. The van der Waals surface area contributed by atoms with E-state index in [1.54, 1.807) is 18.5 Å². The van der Waals surface area contributed by atoms with Crippen LogP contribution in [0.5, 0.6) is 0 Å². The monoisotopic (exact) mass is 355 g/mol. The van der Waals surface area contributed by atoms with Gasteiger partial charge in [0.15, 0.2) is 11.6 Å². The number of hydrogen-bond acceptors (Lipinski definition) is 5. The third kappa shape index (κ3) is 3.07. The number of rotatable bonds is 4. The number of aromatic nitrogens is 6. The van der Waals surface area contributed by atoms with Gasteiger partial charge in [0.2, 0.25) is 0 Å². The van der Waals surface area contributed by atoms with Crippen molar-refractivity contribution in [2.24, 2.45) is 7.05 Å². The van der Waals surface area contributed by atoms with E-state index in [-0.39, 0.29) is 11.7 Å². The number of piperidine rings is 1. The van der Waals surface area contributed by atoms with Crippen LogP contribution in [0.1, 0.15) is 36.2 Å². The molecule has 0 aromatic carbocycles. The van der Waals surface area contributed by atoms with E-state index in [2.05, 4.69) is 29.6 Å². The zero-order chi connectivity index (χ0) is 18.1. The Balaban J connectivity index is 1.54. The smallest absolute Gasteiger partial charge is 0.164 e. The maximum Gasteiger partial charge on any atom is 0.164 e. The molecule has 0 aliphatic carbocycles. The van der Waals surface area contributed by atoms with Gasteiger partial charge >= 0.3 is 0 Å². The summed E-state index contributed by atoms with van der Waals surface area (Å²) in [7, 11) is 2.00. The van der Waals surface area contributed by atoms with E-state index >= 15 is 0 Å². The molecule has 3 aromatic rings. The second-order valence-electron chi connectivity index (χ2n) is 6.75. The lowest BCUT2D eigenvalue weighted by molar-refractivity contribution is 0.472. The lowest BCUT2D eigenvalue weighted by Crippen LogP contribution is -2.36. The van der Waals surface area contributed by atoms with E-state index in [1.165, 1.54) is 6.20 Å². The average molecular weight is 355 g/mol. The van der Waals surface area contributed by atoms with Crippen LogP contribution in [0, 0.1) is 12.7 Å². The molecule has 0 saturated carbocycles. The van der Waals surface area contributed by atoms with Crippen LogP contribution < -0.4 is 4.90 Å². The van der Waals surface area contributed by atoms with Gasteiger partial charge in [-0.2, -0.15) is 0 Å². The lowest BCUT2D eigenvalue weighted by atomic mass is 9.96. The molecule has 26 heavy (non-hydrogen) atoms. The van der Waals surface area contributed by atoms with Crippen LogP contribution in [0.3, 0.4) is 0 Å². The fraction of sp³-hybridized carbons (Fsp3) is 0.444. The summed E-state index contributed by atoms with van der Waals surface area (Å²) in [6.07, 6.45) is 8.66. The van der Waals surface area contributed by atoms with Gasteiger partial charge in [0.05, 0.1) is 18.4 Å². The Kier molecular flexibility index (Phi) is 4.40. The first-order valence-corrected chi connectivity index (χ1v) is 8.84. The third-order valence-electron chi connectivity index (χ3n) is 5.11. The van der Waals surface area contributed by atoms with Gasteiger partial charge in [0.1, 0.15) is 11.6 Å². The normalized spacial score (nSPS) is 17.7. The van der Waals surface area contributed by atoms with Crippen LogP contribution in [0.4, 0.5) is 10.1 Å². The van der Waals surface area contributed by atoms with Crippen molar-refractivity contribution in [3.8, 4) is 0 Å². The second kappa shape index (κ2) is 6.86. The number of anilines is 1. The first kappa shape index (κ1) is 16.7. The molecule has 0 radical (unpaired) electrons. The molecule has 0 spiro atoms. The van der Waals surface area contributed by atoms with Crippen molar-refractivity contribution in [3.05, 3.63) is 54.1 Å². The number of aryl methyl sites for hydroxylation is 1. The quantitative estimate of drug-likeness (QED) is 0.718. The van der Waals surface area contributed by atoms with Crippen molar-refractivity contribution in [3.63, 3.8) is 0 Å². The Morgan fingerprint density at radius 1 is 1.27 bits per heavy atom. The summed E-state index contributed by atoms with van der Waals surface area (Å²) in [5, 5.41) is 8.83. The van der Waals surface area contributed by atoms with Crippen LogP contribution in [0.2, 0.25) is 0 Å². The van der Waals surface area contributed by atoms with E-state index in [0.717, 1.165) is 43.4 Å². The summed E-state index contributed by atoms with van der Waals surface area (Å²) in [6.45, 7) is 4.19. The van der Waals surface area contributed by atoms with Gasteiger partial charge in [-0.15, -0.1) is 10.2 Å². The van der Waals surface area contributed by atoms with E-state index in [9.17, 15) is 4.39 Å². The molecule has 0 unspecified atom stereocenters. The van der Waals surface area contributed by atoms with E-state index < -0.39 is 0 Å². The molecule has 4 heterocycles. The molecule has 3 aromatic heterocycles. The molecule has 0 N–H and O–H groups in total. The summed E-state index contributed by atoms with van der Waals surface area (Å²) in [5.74, 6) is 2.76. The minimum Gasteiger partial charge on any atom is -0.368 e. The summed E-state index contributed by atoms with van der Waals surface area (Å²) in [4.78, 5) is 10.2. The fourth-order valence-electron chi connectivity index (χ4n) is 3.62. The predicted octanol–water partition coefficient (Wildman–Crippen LogP) is 2.29. The predicted molar refractivity (Wildman–Crippen MR) is 95.5 cm³/mol. The van der Waals surface area contributed by atoms with Gasteiger partial charge in [-0.1, -0.05) is 0 Å². The Labute approximate surface area is 151 Å². The number of imidazole rings is 1. The van der Waals surface area contributed by atoms with Crippen molar-refractivity contribution >= 4 is 5.69 Å². The highest BCUT2D eigenvalue weighted by atomic mass is 19.1. The minimum absolute atomic E-state index is 0.228. The average Bonchev–Trinajstić information content (AvgIpc) is 3.22. The zero-order valence-electron chi connectivity index (χ0n) is 15.0. The molecule has 1 aliphatic heterocycles. The molecule has 1 aliphatic rings. The first-order chi connectivity index (χ1) is 12.6. The SMILES string of the molecule is Cc1nccn1Cc1nnc([C@H]2CCCN(c3ccncc3F)C2)n1C. The number of nitrogens with zero attached hydrogens (tertiary/aromatic N) is 7. The molecule has 1 fully saturated rings. The summed E-state index contributed by atoms with van der Waals surface area (Å²) < 4.78 is 18.2. The summed E-state index contributed by atoms with van der Waals surface area (Å²) in [6, 6.07) is 1.74. The third-order valence-corrected chi connectivity index (χ3v) is 5.11. The van der Waals surface area contributed by atoms with Crippen LogP contribution >= 0.6 is 0 Å². The van der Waals surface area contributed by atoms with Gasteiger partial charge < -0.3 is 14.0 Å². The van der Waals surface area contributed by atoms with Crippen LogP contribution in [-0.2, 0) is 13.6 Å². The molecule has 0 bridgehead atoms. The first-order valence-electron chi connectivity index (χ1n) is 8.84. The Bertz CT molecular complexity index is 901. The second-order valence-corrected chi connectivity index (χ2v) is 6.75. The highest BCUT2D eigenvalue weighted by Crippen LogP contribution is 2.30. The summed E-state index contributed by atoms with van der Waals surface area (Å²) >= 11 is 0. The van der Waals surface area contributed by atoms with Crippen molar-refractivity contribution < 1.29 is 4.39 Å². The van der Waals surface area contributed by atoms with Gasteiger partial charge in [-0.3, -0.25) is 4.98 Å². The molecule has 1 atom stereocenters. The highest BCUT2D eigenvalue weighted by Gasteiger charge is 2.27. The molecule has 136 valence electrons. The number of halogens is 1. The molecular weight excluding hydrogens is 333 g/mol. The molecule has 8 heteroatoms. The standard InChI is InChI=1S/C18H22FN7/c1-13-21-7-9-25(13)12-17-22-23-18(24(17)2)14-4-3-8-26(11-14)16-5-6-20-10-15(16)19/h5-7,9-10,14H,3-4,8,11-12H2,1-2H3/t14-/m0/s1. The number of hydrogen-bond donors (Lipinski definition) is 0. The van der Waals surface area contributed by atoms with Crippen molar-refractivity contribution in [2.45, 2.75) is 32.2 Å². The Morgan fingerprint density at radius 3 is 2.92 bits per heavy atom. The van der Waals surface area contributed by atoms with E-state index in [1.807, 2.05) is 24.7 Å². The van der Waals surface area contributed by atoms with Gasteiger partial charge in [0, 0.05) is 44.6 Å². The number of pyridine rings is 1. The van der Waals surface area contributed by atoms with Crippen LogP contribution in [0.15, 0.2) is 30.9 Å². The molecule has 4 rings (SSSR count). The van der Waals surface area contributed by atoms with Crippen LogP contribution in [0.25, 0.3) is 0 Å². The van der Waals surface area contributed by atoms with Crippen molar-refractivity contribution in [1.82, 2.24) is 29.3 Å². The lowest BCUT2D eigenvalue weighted by Gasteiger charge is -2.34. The summed E-state index contributed by atoms with van der Waals surface area (Å²) in [5.41, 5.74) is 0.612. The van der Waals surface area contributed by atoms with Crippen molar-refractivity contribution in [2.75, 3.05) is 18.0 Å². The topological polar surface area (TPSA) is 64.7 Å². The fourth-order valence-corrected chi connectivity index (χ4v) is 3.62. The zero-order valence-corrected chi connectivity index (χ0v) is 15.0. The van der Waals surface area contributed by atoms with Gasteiger partial charge in [-0.05, 0) is 25.8 Å². The highest BCUT2D eigenvalue weighted by molar-refractivity contribution is 5.47. The Hall–Kier alpha value is -2.77. The van der Waals surface area contributed by atoms with Gasteiger partial charge in [-0.25, -0.2) is 9.37 Å². The molecule has 1 saturated heterocycles. The maximum atomic E-state index is 14.1.